The number of hydrogen-bond donors (Lipinski definition) is 1. The Morgan fingerprint density at radius 2 is 2.53 bits per heavy atom. The third kappa shape index (κ3) is 1.80. The summed E-state index contributed by atoms with van der Waals surface area (Å²) < 4.78 is 1.02. The van der Waals surface area contributed by atoms with Crippen molar-refractivity contribution in [3.05, 3.63) is 22.7 Å². The van der Waals surface area contributed by atoms with Crippen LogP contribution in [0.4, 0.5) is 0 Å². The number of Topliss-reactive ketones (excluding diaryl/α,β-unsaturated/α-hetero) is 1. The minimum Gasteiger partial charge on any atom is -0.294 e. The lowest BCUT2D eigenvalue weighted by Crippen LogP contribution is -1.91. The van der Waals surface area contributed by atoms with Crippen LogP contribution < -0.4 is 0 Å². The van der Waals surface area contributed by atoms with Crippen LogP contribution in [0.3, 0.4) is 0 Å². The summed E-state index contributed by atoms with van der Waals surface area (Å²) in [6, 6.07) is 3.75. The molecular formula is C10H7N3OS. The SMILES string of the molecule is CC(=O)C(C#N)=Cc1cc2[nH]ncc2s1. The van der Waals surface area contributed by atoms with E-state index in [9.17, 15) is 4.79 Å². The Morgan fingerprint density at radius 3 is 3.13 bits per heavy atom. The number of nitrogens with zero attached hydrogens (tertiary/aromatic N) is 2. The van der Waals surface area contributed by atoms with Crippen molar-refractivity contribution in [3.63, 3.8) is 0 Å². The van der Waals surface area contributed by atoms with Gasteiger partial charge in [-0.05, 0) is 19.1 Å². The van der Waals surface area contributed by atoms with Crippen molar-refractivity contribution in [2.75, 3.05) is 0 Å². The summed E-state index contributed by atoms with van der Waals surface area (Å²) >= 11 is 1.49. The number of aromatic amines is 1. The van der Waals surface area contributed by atoms with Gasteiger partial charge < -0.3 is 0 Å². The fourth-order valence-electron chi connectivity index (χ4n) is 1.19. The molecule has 0 saturated heterocycles. The molecule has 0 unspecified atom stereocenters. The molecule has 0 amide bonds. The number of fused-ring (bicyclic) bond motifs is 1. The second-order valence-electron chi connectivity index (χ2n) is 3.02. The molecular weight excluding hydrogens is 210 g/mol. The molecule has 0 fully saturated rings. The van der Waals surface area contributed by atoms with Gasteiger partial charge in [-0.2, -0.15) is 10.4 Å². The fraction of sp³-hybridized carbons (Fsp3) is 0.100. The zero-order chi connectivity index (χ0) is 10.8. The number of hydrogen-bond acceptors (Lipinski definition) is 4. The highest BCUT2D eigenvalue weighted by Crippen LogP contribution is 2.25. The monoisotopic (exact) mass is 217 g/mol. The molecule has 0 aromatic carbocycles. The van der Waals surface area contributed by atoms with Crippen molar-refractivity contribution in [1.82, 2.24) is 10.2 Å². The van der Waals surface area contributed by atoms with Gasteiger partial charge in [-0.1, -0.05) is 0 Å². The number of ketones is 1. The van der Waals surface area contributed by atoms with E-state index >= 15 is 0 Å². The van der Waals surface area contributed by atoms with Gasteiger partial charge >= 0.3 is 0 Å². The number of carbonyl (C=O) groups is 1. The van der Waals surface area contributed by atoms with Crippen LogP contribution in [-0.2, 0) is 4.79 Å². The molecule has 0 spiro atoms. The first-order valence-electron chi connectivity index (χ1n) is 4.26. The lowest BCUT2D eigenvalue weighted by atomic mass is 10.2. The quantitative estimate of drug-likeness (QED) is 0.618. The molecule has 2 heterocycles. The van der Waals surface area contributed by atoms with E-state index in [0.29, 0.717) is 0 Å². The molecule has 0 aliphatic carbocycles. The first-order valence-corrected chi connectivity index (χ1v) is 5.08. The molecule has 15 heavy (non-hydrogen) atoms. The number of rotatable bonds is 2. The second kappa shape index (κ2) is 3.67. The van der Waals surface area contributed by atoms with Crippen LogP contribution >= 0.6 is 11.3 Å². The van der Waals surface area contributed by atoms with Gasteiger partial charge in [0.1, 0.15) is 6.07 Å². The predicted octanol–water partition coefficient (Wildman–Crippen LogP) is 2.12. The average molecular weight is 217 g/mol. The number of thiophene rings is 1. The molecule has 2 rings (SSSR count). The fourth-order valence-corrected chi connectivity index (χ4v) is 2.12. The topological polar surface area (TPSA) is 69.5 Å². The molecule has 0 saturated carbocycles. The Kier molecular flexibility index (Phi) is 2.35. The van der Waals surface area contributed by atoms with Gasteiger partial charge in [-0.25, -0.2) is 0 Å². The maximum absolute atomic E-state index is 11.0. The summed E-state index contributed by atoms with van der Waals surface area (Å²) in [5.74, 6) is -0.215. The Bertz CT molecular complexity index is 557. The van der Waals surface area contributed by atoms with Crippen LogP contribution in [-0.4, -0.2) is 16.0 Å². The summed E-state index contributed by atoms with van der Waals surface area (Å²) in [5.41, 5.74) is 1.10. The highest BCUT2D eigenvalue weighted by Gasteiger charge is 2.05. The normalized spacial score (nSPS) is 11.6. The standard InChI is InChI=1S/C10H7N3OS/c1-6(14)7(4-11)2-8-3-9-10(15-8)5-12-13-9/h2-3,5H,1H3,(H,12,13). The third-order valence-corrected chi connectivity index (χ3v) is 2.95. The average Bonchev–Trinajstić information content (AvgIpc) is 2.72. The predicted molar refractivity (Wildman–Crippen MR) is 58.2 cm³/mol. The highest BCUT2D eigenvalue weighted by molar-refractivity contribution is 7.19. The van der Waals surface area contributed by atoms with Crippen molar-refractivity contribution >= 4 is 33.4 Å². The van der Waals surface area contributed by atoms with E-state index in [1.165, 1.54) is 18.3 Å². The Labute approximate surface area is 89.8 Å². The molecule has 0 aliphatic rings. The van der Waals surface area contributed by atoms with Gasteiger partial charge in [0, 0.05) is 4.88 Å². The molecule has 0 aliphatic heterocycles. The summed E-state index contributed by atoms with van der Waals surface area (Å²) in [6.07, 6.45) is 3.32. The Hall–Kier alpha value is -1.93. The Morgan fingerprint density at radius 1 is 1.73 bits per heavy atom. The molecule has 1 N–H and O–H groups in total. The van der Waals surface area contributed by atoms with Crippen LogP contribution in [0.2, 0.25) is 0 Å². The smallest absolute Gasteiger partial charge is 0.170 e. The van der Waals surface area contributed by atoms with Crippen LogP contribution in [0.5, 0.6) is 0 Å². The molecule has 2 aromatic heterocycles. The number of allylic oxidation sites excluding steroid dienone is 1. The molecule has 0 bridgehead atoms. The largest absolute Gasteiger partial charge is 0.294 e. The van der Waals surface area contributed by atoms with Crippen molar-refractivity contribution in [1.29, 1.82) is 5.26 Å². The summed E-state index contributed by atoms with van der Waals surface area (Å²) in [4.78, 5) is 11.9. The van der Waals surface area contributed by atoms with Crippen LogP contribution in [0.15, 0.2) is 17.8 Å². The minimum absolute atomic E-state index is 0.173. The van der Waals surface area contributed by atoms with Crippen LogP contribution in [0.25, 0.3) is 16.3 Å². The van der Waals surface area contributed by atoms with Crippen molar-refractivity contribution in [2.24, 2.45) is 0 Å². The van der Waals surface area contributed by atoms with E-state index in [-0.39, 0.29) is 11.4 Å². The number of nitriles is 1. The maximum Gasteiger partial charge on any atom is 0.170 e. The van der Waals surface area contributed by atoms with Crippen LogP contribution in [0, 0.1) is 11.3 Å². The van der Waals surface area contributed by atoms with Crippen LogP contribution in [0.1, 0.15) is 11.8 Å². The van der Waals surface area contributed by atoms with Gasteiger partial charge in [0.2, 0.25) is 0 Å². The number of aromatic nitrogens is 2. The van der Waals surface area contributed by atoms with E-state index in [1.807, 2.05) is 12.1 Å². The molecule has 0 radical (unpaired) electrons. The van der Waals surface area contributed by atoms with E-state index < -0.39 is 0 Å². The zero-order valence-electron chi connectivity index (χ0n) is 7.94. The van der Waals surface area contributed by atoms with Crippen molar-refractivity contribution < 1.29 is 4.79 Å². The number of carbonyl (C=O) groups excluding carboxylic acids is 1. The molecule has 2 aromatic rings. The summed E-state index contributed by atoms with van der Waals surface area (Å²) in [6.45, 7) is 1.38. The number of H-pyrrole nitrogens is 1. The highest BCUT2D eigenvalue weighted by atomic mass is 32.1. The van der Waals surface area contributed by atoms with Gasteiger partial charge in [0.15, 0.2) is 5.78 Å². The van der Waals surface area contributed by atoms with Gasteiger partial charge in [-0.3, -0.25) is 9.89 Å². The number of nitrogens with one attached hydrogen (secondary N) is 1. The van der Waals surface area contributed by atoms with E-state index in [1.54, 1.807) is 12.3 Å². The van der Waals surface area contributed by atoms with Gasteiger partial charge in [0.05, 0.1) is 22.0 Å². The maximum atomic E-state index is 11.0. The van der Waals surface area contributed by atoms with Gasteiger partial charge in [-0.15, -0.1) is 11.3 Å². The lowest BCUT2D eigenvalue weighted by Gasteiger charge is -1.88. The molecule has 5 heteroatoms. The lowest BCUT2D eigenvalue weighted by molar-refractivity contribution is -0.113. The summed E-state index contributed by atoms with van der Waals surface area (Å²) in [5, 5.41) is 15.4. The third-order valence-electron chi connectivity index (χ3n) is 1.93. The molecule has 4 nitrogen and oxygen atoms in total. The van der Waals surface area contributed by atoms with Crippen molar-refractivity contribution in [2.45, 2.75) is 6.92 Å². The minimum atomic E-state index is -0.215. The molecule has 74 valence electrons. The van der Waals surface area contributed by atoms with E-state index in [0.717, 1.165) is 15.1 Å². The second-order valence-corrected chi connectivity index (χ2v) is 4.14. The van der Waals surface area contributed by atoms with E-state index in [4.69, 9.17) is 5.26 Å². The summed E-state index contributed by atoms with van der Waals surface area (Å²) in [7, 11) is 0. The first kappa shape index (κ1) is 9.62. The van der Waals surface area contributed by atoms with Gasteiger partial charge in [0.25, 0.3) is 0 Å². The zero-order valence-corrected chi connectivity index (χ0v) is 8.76. The van der Waals surface area contributed by atoms with Crippen molar-refractivity contribution in [3.8, 4) is 6.07 Å². The first-order chi connectivity index (χ1) is 7.20. The molecule has 0 atom stereocenters. The van der Waals surface area contributed by atoms with E-state index in [2.05, 4.69) is 10.2 Å². The Balaban J connectivity index is 2.45.